The molecule has 0 spiro atoms. The van der Waals surface area contributed by atoms with Crippen LogP contribution in [0.1, 0.15) is 20.3 Å². The monoisotopic (exact) mass is 228 g/mol. The number of hydrogen-bond acceptors (Lipinski definition) is 4. The van der Waals surface area contributed by atoms with E-state index in [1.807, 2.05) is 11.8 Å². The van der Waals surface area contributed by atoms with E-state index in [4.69, 9.17) is 5.84 Å². The van der Waals surface area contributed by atoms with Gasteiger partial charge in [0.1, 0.15) is 0 Å². The van der Waals surface area contributed by atoms with Crippen LogP contribution >= 0.6 is 0 Å². The maximum Gasteiger partial charge on any atom is 0.237 e. The zero-order valence-corrected chi connectivity index (χ0v) is 9.82. The molecule has 0 aromatic carbocycles. The van der Waals surface area contributed by atoms with Gasteiger partial charge in [0, 0.05) is 25.6 Å². The first kappa shape index (κ1) is 12.9. The fourth-order valence-corrected chi connectivity index (χ4v) is 2.00. The molecule has 1 fully saturated rings. The van der Waals surface area contributed by atoms with E-state index in [2.05, 4.69) is 10.7 Å². The average Bonchev–Trinajstić information content (AvgIpc) is 2.28. The molecule has 1 rings (SSSR count). The summed E-state index contributed by atoms with van der Waals surface area (Å²) in [4.78, 5) is 24.9. The molecule has 6 heteroatoms. The molecule has 1 saturated heterocycles. The zero-order chi connectivity index (χ0) is 12.1. The summed E-state index contributed by atoms with van der Waals surface area (Å²) < 4.78 is 0. The number of nitrogens with zero attached hydrogens (tertiary/aromatic N) is 1. The molecule has 2 unspecified atom stereocenters. The van der Waals surface area contributed by atoms with E-state index >= 15 is 0 Å². The quantitative estimate of drug-likeness (QED) is 0.321. The lowest BCUT2D eigenvalue weighted by molar-refractivity contribution is -0.132. The van der Waals surface area contributed by atoms with Gasteiger partial charge in [-0.2, -0.15) is 0 Å². The molecular formula is C10H20N4O2. The zero-order valence-electron chi connectivity index (χ0n) is 9.82. The van der Waals surface area contributed by atoms with Crippen LogP contribution < -0.4 is 16.6 Å². The molecular weight excluding hydrogens is 208 g/mol. The van der Waals surface area contributed by atoms with E-state index < -0.39 is 0 Å². The summed E-state index contributed by atoms with van der Waals surface area (Å²) in [6, 6.07) is -0.123. The third-order valence-electron chi connectivity index (χ3n) is 2.93. The van der Waals surface area contributed by atoms with Crippen LogP contribution in [-0.2, 0) is 9.59 Å². The van der Waals surface area contributed by atoms with Crippen LogP contribution in [0.25, 0.3) is 0 Å². The molecule has 0 radical (unpaired) electrons. The number of rotatable bonds is 4. The third kappa shape index (κ3) is 2.93. The Morgan fingerprint density at radius 3 is 3.00 bits per heavy atom. The Morgan fingerprint density at radius 1 is 1.75 bits per heavy atom. The van der Waals surface area contributed by atoms with Crippen molar-refractivity contribution in [2.24, 2.45) is 11.8 Å². The van der Waals surface area contributed by atoms with Crippen LogP contribution in [0, 0.1) is 5.92 Å². The largest absolute Gasteiger partial charge is 0.353 e. The number of amides is 2. The van der Waals surface area contributed by atoms with Gasteiger partial charge in [-0.15, -0.1) is 0 Å². The minimum Gasteiger partial charge on any atom is -0.353 e. The van der Waals surface area contributed by atoms with E-state index in [-0.39, 0.29) is 23.8 Å². The number of hydrogen-bond donors (Lipinski definition) is 3. The molecule has 0 aromatic heterocycles. The van der Waals surface area contributed by atoms with Crippen LogP contribution in [-0.4, -0.2) is 42.4 Å². The normalized spacial score (nSPS) is 23.7. The Bertz CT molecular complexity index is 270. The third-order valence-corrected chi connectivity index (χ3v) is 2.93. The average molecular weight is 228 g/mol. The molecule has 6 nitrogen and oxygen atoms in total. The van der Waals surface area contributed by atoms with E-state index in [1.165, 1.54) is 0 Å². The summed E-state index contributed by atoms with van der Waals surface area (Å²) in [7, 11) is 0. The van der Waals surface area contributed by atoms with Crippen LogP contribution in [0.3, 0.4) is 0 Å². The summed E-state index contributed by atoms with van der Waals surface area (Å²) in [5, 5.41) is 2.82. The predicted molar refractivity (Wildman–Crippen MR) is 60.2 cm³/mol. The van der Waals surface area contributed by atoms with E-state index in [0.717, 1.165) is 13.0 Å². The van der Waals surface area contributed by atoms with Crippen LogP contribution in [0.2, 0.25) is 0 Å². The molecule has 0 bridgehead atoms. The van der Waals surface area contributed by atoms with Crippen molar-refractivity contribution in [3.05, 3.63) is 0 Å². The summed E-state index contributed by atoms with van der Waals surface area (Å²) >= 11 is 0. The van der Waals surface area contributed by atoms with Crippen molar-refractivity contribution >= 4 is 11.8 Å². The Balaban J connectivity index is 2.57. The number of piperazine rings is 1. The van der Waals surface area contributed by atoms with Crippen molar-refractivity contribution < 1.29 is 9.59 Å². The maximum atomic E-state index is 11.6. The van der Waals surface area contributed by atoms with Crippen molar-refractivity contribution in [1.29, 1.82) is 0 Å². The van der Waals surface area contributed by atoms with Gasteiger partial charge in [0.2, 0.25) is 11.8 Å². The predicted octanol–water partition coefficient (Wildman–Crippen LogP) is -1.18. The second-order valence-corrected chi connectivity index (χ2v) is 4.12. The van der Waals surface area contributed by atoms with Crippen LogP contribution in [0.5, 0.6) is 0 Å². The van der Waals surface area contributed by atoms with Gasteiger partial charge < -0.3 is 5.32 Å². The lowest BCUT2D eigenvalue weighted by atomic mass is 10.1. The second kappa shape index (κ2) is 5.81. The maximum absolute atomic E-state index is 11.6. The summed E-state index contributed by atoms with van der Waals surface area (Å²) in [6.07, 6.45) is 0.753. The minimum atomic E-state index is -0.204. The SMILES string of the molecule is CCC1C(=O)NCCN1CC(C)C(=O)NN. The molecule has 0 saturated carbocycles. The Morgan fingerprint density at radius 2 is 2.44 bits per heavy atom. The fourth-order valence-electron chi connectivity index (χ4n) is 2.00. The molecule has 2 amide bonds. The van der Waals surface area contributed by atoms with E-state index in [1.54, 1.807) is 6.92 Å². The Hall–Kier alpha value is -1.14. The lowest BCUT2D eigenvalue weighted by Gasteiger charge is -2.35. The minimum absolute atomic E-state index is 0.0501. The van der Waals surface area contributed by atoms with Gasteiger partial charge in [0.15, 0.2) is 0 Å². The number of nitrogens with one attached hydrogen (secondary N) is 2. The highest BCUT2D eigenvalue weighted by Gasteiger charge is 2.29. The van der Waals surface area contributed by atoms with Gasteiger partial charge in [0.25, 0.3) is 0 Å². The molecule has 0 aromatic rings. The van der Waals surface area contributed by atoms with Gasteiger partial charge in [-0.3, -0.25) is 19.9 Å². The van der Waals surface area contributed by atoms with Crippen LogP contribution in [0.4, 0.5) is 0 Å². The molecule has 4 N–H and O–H groups in total. The first-order valence-corrected chi connectivity index (χ1v) is 5.62. The molecule has 1 aliphatic heterocycles. The van der Waals surface area contributed by atoms with Crippen molar-refractivity contribution in [2.75, 3.05) is 19.6 Å². The van der Waals surface area contributed by atoms with Gasteiger partial charge in [0.05, 0.1) is 6.04 Å². The van der Waals surface area contributed by atoms with Crippen molar-refractivity contribution in [2.45, 2.75) is 26.3 Å². The van der Waals surface area contributed by atoms with Gasteiger partial charge in [-0.25, -0.2) is 5.84 Å². The summed E-state index contributed by atoms with van der Waals surface area (Å²) in [5.41, 5.74) is 2.13. The smallest absolute Gasteiger partial charge is 0.237 e. The Kier molecular flexibility index (Phi) is 4.70. The van der Waals surface area contributed by atoms with E-state index in [9.17, 15) is 9.59 Å². The second-order valence-electron chi connectivity index (χ2n) is 4.12. The molecule has 0 aliphatic carbocycles. The highest BCUT2D eigenvalue weighted by molar-refractivity contribution is 5.82. The first-order valence-electron chi connectivity index (χ1n) is 5.62. The van der Waals surface area contributed by atoms with Gasteiger partial charge in [-0.1, -0.05) is 13.8 Å². The number of carbonyl (C=O) groups excluding carboxylic acids is 2. The highest BCUT2D eigenvalue weighted by atomic mass is 16.2. The first-order chi connectivity index (χ1) is 7.60. The summed E-state index contributed by atoms with van der Waals surface area (Å²) in [6.45, 7) is 5.77. The summed E-state index contributed by atoms with van der Waals surface area (Å²) in [5.74, 6) is 4.73. The van der Waals surface area contributed by atoms with Crippen LogP contribution in [0.15, 0.2) is 0 Å². The van der Waals surface area contributed by atoms with Crippen molar-refractivity contribution in [3.8, 4) is 0 Å². The van der Waals surface area contributed by atoms with Gasteiger partial charge in [-0.05, 0) is 6.42 Å². The lowest BCUT2D eigenvalue weighted by Crippen LogP contribution is -2.56. The fraction of sp³-hybridized carbons (Fsp3) is 0.800. The molecule has 16 heavy (non-hydrogen) atoms. The standard InChI is InChI=1S/C10H20N4O2/c1-3-8-10(16)12-4-5-14(8)6-7(2)9(15)13-11/h7-8H,3-6,11H2,1-2H3,(H,12,16)(H,13,15). The number of hydrazine groups is 1. The van der Waals surface area contributed by atoms with Crippen molar-refractivity contribution in [3.63, 3.8) is 0 Å². The highest BCUT2D eigenvalue weighted by Crippen LogP contribution is 2.11. The van der Waals surface area contributed by atoms with Gasteiger partial charge >= 0.3 is 0 Å². The van der Waals surface area contributed by atoms with Crippen molar-refractivity contribution in [1.82, 2.24) is 15.6 Å². The number of carbonyl (C=O) groups is 2. The topological polar surface area (TPSA) is 87.5 Å². The molecule has 2 atom stereocenters. The molecule has 1 heterocycles. The molecule has 92 valence electrons. The Labute approximate surface area is 95.5 Å². The number of nitrogens with two attached hydrogens (primary N) is 1. The van der Waals surface area contributed by atoms with E-state index in [0.29, 0.717) is 13.1 Å². The molecule has 1 aliphatic rings.